The number of amides is 1. The molecule has 1 amide bonds. The number of rotatable bonds is 7. The first-order valence-corrected chi connectivity index (χ1v) is 9.22. The van der Waals surface area contributed by atoms with E-state index in [2.05, 4.69) is 11.6 Å². The molecule has 9 heteroatoms. The second-order valence-electron chi connectivity index (χ2n) is 7.71. The van der Waals surface area contributed by atoms with Gasteiger partial charge in [-0.3, -0.25) is 15.0 Å². The highest BCUT2D eigenvalue weighted by atomic mass is 16.6. The van der Waals surface area contributed by atoms with Gasteiger partial charge >= 0.3 is 6.09 Å². The van der Waals surface area contributed by atoms with Gasteiger partial charge in [0.2, 0.25) is 5.88 Å². The second kappa shape index (κ2) is 8.81. The molecule has 0 fully saturated rings. The van der Waals surface area contributed by atoms with Crippen LogP contribution in [-0.2, 0) is 0 Å². The van der Waals surface area contributed by atoms with Crippen LogP contribution in [0.15, 0.2) is 43.1 Å². The highest BCUT2D eigenvalue weighted by Crippen LogP contribution is 2.38. The first-order chi connectivity index (χ1) is 14.0. The highest BCUT2D eigenvalue weighted by Gasteiger charge is 2.35. The minimum atomic E-state index is -1.09. The third-order valence-electron chi connectivity index (χ3n) is 4.62. The summed E-state index contributed by atoms with van der Waals surface area (Å²) in [6, 6.07) is 5.32. The molecule has 1 aromatic heterocycles. The van der Waals surface area contributed by atoms with Gasteiger partial charge in [-0.15, -0.1) is 6.58 Å². The predicted molar refractivity (Wildman–Crippen MR) is 114 cm³/mol. The third kappa shape index (κ3) is 4.68. The number of non-ortho nitro benzene ring substituents is 1. The zero-order valence-corrected chi connectivity index (χ0v) is 17.5. The number of hydrogen-bond donors (Lipinski definition) is 2. The monoisotopic (exact) mass is 414 g/mol. The number of nitrogens with zero attached hydrogens (tertiary/aromatic N) is 3. The Hall–Kier alpha value is -3.62. The fraction of sp³-hybridized carbons (Fsp3) is 0.333. The number of carboxylic acid groups (broad SMARTS) is 1. The van der Waals surface area contributed by atoms with Crippen molar-refractivity contribution in [3.8, 4) is 17.0 Å². The molecule has 0 saturated carbocycles. The summed E-state index contributed by atoms with van der Waals surface area (Å²) < 4.78 is 5.40. The number of methoxy groups -OCH3 is 1. The van der Waals surface area contributed by atoms with Crippen LogP contribution in [0.2, 0.25) is 0 Å². The van der Waals surface area contributed by atoms with Crippen molar-refractivity contribution in [2.24, 2.45) is 0 Å². The lowest BCUT2D eigenvalue weighted by Gasteiger charge is -2.39. The number of anilines is 1. The number of nitrogens with two attached hydrogens (primary N) is 1. The number of pyridine rings is 1. The van der Waals surface area contributed by atoms with E-state index in [1.807, 2.05) is 0 Å². The molecule has 1 unspecified atom stereocenters. The lowest BCUT2D eigenvalue weighted by molar-refractivity contribution is -0.384. The SMILES string of the molecule is C=CCC(c1cc(-c2ccc([N+](=O)[O-])cc2N)cnc1OC)N(C(=O)O)C(C)(C)C. The Balaban J connectivity index is 2.68. The minimum Gasteiger partial charge on any atom is -0.481 e. The maximum absolute atomic E-state index is 12.1. The Morgan fingerprint density at radius 1 is 1.43 bits per heavy atom. The minimum absolute atomic E-state index is 0.118. The van der Waals surface area contributed by atoms with Crippen molar-refractivity contribution >= 4 is 17.5 Å². The Morgan fingerprint density at radius 3 is 2.57 bits per heavy atom. The molecule has 0 aliphatic carbocycles. The van der Waals surface area contributed by atoms with Crippen LogP contribution in [0.3, 0.4) is 0 Å². The molecule has 2 rings (SSSR count). The molecule has 30 heavy (non-hydrogen) atoms. The molecule has 1 heterocycles. The van der Waals surface area contributed by atoms with Crippen LogP contribution in [0.1, 0.15) is 38.8 Å². The number of ether oxygens (including phenoxy) is 1. The number of nitro groups is 1. The predicted octanol–water partition coefficient (Wildman–Crippen LogP) is 4.64. The Bertz CT molecular complexity index is 968. The summed E-state index contributed by atoms with van der Waals surface area (Å²) in [4.78, 5) is 28.2. The number of carbonyl (C=O) groups is 1. The Morgan fingerprint density at radius 2 is 2.10 bits per heavy atom. The zero-order valence-electron chi connectivity index (χ0n) is 17.5. The molecular formula is C21H26N4O5. The summed E-state index contributed by atoms with van der Waals surface area (Å²) >= 11 is 0. The molecule has 3 N–H and O–H groups in total. The second-order valence-corrected chi connectivity index (χ2v) is 7.71. The van der Waals surface area contributed by atoms with Gasteiger partial charge in [0.05, 0.1) is 18.1 Å². The topological polar surface area (TPSA) is 132 Å². The van der Waals surface area contributed by atoms with Gasteiger partial charge in [0.25, 0.3) is 5.69 Å². The van der Waals surface area contributed by atoms with Crippen molar-refractivity contribution in [3.63, 3.8) is 0 Å². The number of aromatic nitrogens is 1. The van der Waals surface area contributed by atoms with Crippen LogP contribution >= 0.6 is 0 Å². The molecule has 9 nitrogen and oxygen atoms in total. The summed E-state index contributed by atoms with van der Waals surface area (Å²) in [6.07, 6.45) is 2.42. The molecule has 0 radical (unpaired) electrons. The molecule has 0 aliphatic heterocycles. The zero-order chi connectivity index (χ0) is 22.6. The summed E-state index contributed by atoms with van der Waals surface area (Å²) in [5.41, 5.74) is 7.12. The number of nitro benzene ring substituents is 1. The van der Waals surface area contributed by atoms with Gasteiger partial charge in [-0.05, 0) is 39.3 Å². The molecule has 0 saturated heterocycles. The van der Waals surface area contributed by atoms with Crippen LogP contribution in [0.5, 0.6) is 5.88 Å². The number of nitrogen functional groups attached to an aromatic ring is 1. The molecule has 160 valence electrons. The molecule has 1 atom stereocenters. The van der Waals surface area contributed by atoms with E-state index < -0.39 is 22.6 Å². The van der Waals surface area contributed by atoms with Gasteiger partial charge < -0.3 is 15.6 Å². The van der Waals surface area contributed by atoms with Crippen LogP contribution in [0.4, 0.5) is 16.2 Å². The van der Waals surface area contributed by atoms with Gasteiger partial charge in [0, 0.05) is 46.2 Å². The molecule has 2 aromatic rings. The normalized spacial score (nSPS) is 12.1. The van der Waals surface area contributed by atoms with Crippen LogP contribution in [-0.4, -0.2) is 38.7 Å². The van der Waals surface area contributed by atoms with E-state index in [-0.39, 0.29) is 17.3 Å². The average Bonchev–Trinajstić information content (AvgIpc) is 2.65. The van der Waals surface area contributed by atoms with E-state index in [1.165, 1.54) is 30.3 Å². The molecule has 0 spiro atoms. The lowest BCUT2D eigenvalue weighted by Crippen LogP contribution is -2.47. The van der Waals surface area contributed by atoms with Crippen LogP contribution in [0, 0.1) is 10.1 Å². The van der Waals surface area contributed by atoms with E-state index in [1.54, 1.807) is 39.0 Å². The standard InChI is InChI=1S/C21H26N4O5/c1-6-7-18(24(20(26)27)21(2,3)4)16-10-13(12-23-19(16)30-5)15-9-8-14(25(28)29)11-17(15)22/h6,8-12,18H,1,7,22H2,2-5H3,(H,26,27). The van der Waals surface area contributed by atoms with Crippen molar-refractivity contribution in [3.05, 3.63) is 58.8 Å². The number of benzene rings is 1. The van der Waals surface area contributed by atoms with Crippen LogP contribution in [0.25, 0.3) is 11.1 Å². The highest BCUT2D eigenvalue weighted by molar-refractivity contribution is 5.78. The Kier molecular flexibility index (Phi) is 6.66. The van der Waals surface area contributed by atoms with Crippen molar-refractivity contribution in [1.82, 2.24) is 9.88 Å². The molecular weight excluding hydrogens is 388 g/mol. The fourth-order valence-electron chi connectivity index (χ4n) is 3.37. The summed E-state index contributed by atoms with van der Waals surface area (Å²) in [6.45, 7) is 9.16. The maximum atomic E-state index is 12.1. The van der Waals surface area contributed by atoms with Crippen LogP contribution < -0.4 is 10.5 Å². The average molecular weight is 414 g/mol. The Labute approximate surface area is 174 Å². The van der Waals surface area contributed by atoms with Gasteiger partial charge in [0.15, 0.2) is 0 Å². The van der Waals surface area contributed by atoms with Crippen molar-refractivity contribution in [2.45, 2.75) is 38.8 Å². The van der Waals surface area contributed by atoms with Gasteiger partial charge in [-0.2, -0.15) is 0 Å². The summed E-state index contributed by atoms with van der Waals surface area (Å²) in [7, 11) is 1.46. The lowest BCUT2D eigenvalue weighted by atomic mass is 9.94. The van der Waals surface area contributed by atoms with E-state index in [9.17, 15) is 20.0 Å². The molecule has 0 aliphatic rings. The van der Waals surface area contributed by atoms with Crippen molar-refractivity contribution < 1.29 is 19.6 Å². The van der Waals surface area contributed by atoms with Gasteiger partial charge in [-0.25, -0.2) is 9.78 Å². The first kappa shape index (κ1) is 22.7. The third-order valence-corrected chi connectivity index (χ3v) is 4.62. The number of hydrogen-bond acceptors (Lipinski definition) is 6. The smallest absolute Gasteiger partial charge is 0.408 e. The van der Waals surface area contributed by atoms with Gasteiger partial charge in [0.1, 0.15) is 0 Å². The van der Waals surface area contributed by atoms with E-state index >= 15 is 0 Å². The van der Waals surface area contributed by atoms with E-state index in [4.69, 9.17) is 10.5 Å². The summed E-state index contributed by atoms with van der Waals surface area (Å²) in [5, 5.41) is 20.9. The fourth-order valence-corrected chi connectivity index (χ4v) is 3.37. The molecule has 0 bridgehead atoms. The quantitative estimate of drug-likeness (QED) is 0.292. The van der Waals surface area contributed by atoms with Crippen molar-refractivity contribution in [2.75, 3.05) is 12.8 Å². The van der Waals surface area contributed by atoms with Crippen molar-refractivity contribution in [1.29, 1.82) is 0 Å². The van der Waals surface area contributed by atoms with E-state index in [0.717, 1.165) is 0 Å². The molecule has 1 aromatic carbocycles. The van der Waals surface area contributed by atoms with Gasteiger partial charge in [-0.1, -0.05) is 6.08 Å². The largest absolute Gasteiger partial charge is 0.481 e. The maximum Gasteiger partial charge on any atom is 0.408 e. The summed E-state index contributed by atoms with van der Waals surface area (Å²) in [5.74, 6) is 0.279. The first-order valence-electron chi connectivity index (χ1n) is 9.22. The van der Waals surface area contributed by atoms with E-state index in [0.29, 0.717) is 23.1 Å².